The number of nitrogens with two attached hydrogens (primary N) is 1. The Kier molecular flexibility index (Phi) is 4.65. The van der Waals surface area contributed by atoms with Crippen molar-refractivity contribution in [2.75, 3.05) is 6.54 Å². The van der Waals surface area contributed by atoms with Crippen LogP contribution in [0, 0.1) is 5.82 Å². The summed E-state index contributed by atoms with van der Waals surface area (Å²) in [4.78, 5) is -1.03. The Balaban J connectivity index is 3.24. The smallest absolute Gasteiger partial charge is 0.251 e. The van der Waals surface area contributed by atoms with E-state index in [4.69, 9.17) is 5.73 Å². The molecule has 3 N–H and O–H groups in total. The Morgan fingerprint density at radius 3 is 2.56 bits per heavy atom. The molecule has 0 bridgehead atoms. The van der Waals surface area contributed by atoms with E-state index in [2.05, 4.69) is 12.2 Å². The number of rotatable bonds is 5. The minimum absolute atomic E-state index is 0.467. The first-order valence-electron chi connectivity index (χ1n) is 4.62. The topological polar surface area (TPSA) is 72.2 Å². The minimum atomic E-state index is -4.29. The fraction of sp³-hybridized carbons (Fsp3) is 0.222. The van der Waals surface area contributed by atoms with Gasteiger partial charge in [0.25, 0.3) is 6.43 Å². The van der Waals surface area contributed by atoms with E-state index < -0.39 is 44.3 Å². The third-order valence-electron chi connectivity index (χ3n) is 1.94. The van der Waals surface area contributed by atoms with Gasteiger partial charge in [-0.15, -0.1) is 0 Å². The number of benzene rings is 1. The molecule has 0 atom stereocenters. The van der Waals surface area contributed by atoms with Crippen LogP contribution in [0.3, 0.4) is 0 Å². The molecule has 0 radical (unpaired) electrons. The first-order valence-corrected chi connectivity index (χ1v) is 6.51. The summed E-state index contributed by atoms with van der Waals surface area (Å²) in [5, 5.41) is 0. The number of hydrogen-bond acceptors (Lipinski definition) is 3. The summed E-state index contributed by atoms with van der Waals surface area (Å²) in [6, 6.07) is 3.13. The molecule has 0 aliphatic rings. The van der Waals surface area contributed by atoms with Crippen LogP contribution < -0.4 is 10.5 Å². The molecule has 0 heterocycles. The van der Waals surface area contributed by atoms with Crippen LogP contribution in [0.2, 0.25) is 0 Å². The van der Waals surface area contributed by atoms with E-state index in [0.717, 1.165) is 18.2 Å². The molecule has 1 aromatic carbocycles. The van der Waals surface area contributed by atoms with Crippen LogP contribution in [0.15, 0.2) is 23.1 Å². The van der Waals surface area contributed by atoms with Gasteiger partial charge in [0.05, 0.1) is 17.0 Å². The van der Waals surface area contributed by atoms with E-state index in [1.54, 1.807) is 4.72 Å². The molecule has 0 unspecified atom stereocenters. The van der Waals surface area contributed by atoms with Crippen molar-refractivity contribution in [2.24, 2.45) is 5.73 Å². The molecule has 4 nitrogen and oxygen atoms in total. The molecule has 0 aliphatic heterocycles. The molecule has 9 heteroatoms. The first kappa shape index (κ1) is 14.9. The van der Waals surface area contributed by atoms with E-state index in [9.17, 15) is 21.6 Å². The Morgan fingerprint density at radius 2 is 2.06 bits per heavy atom. The van der Waals surface area contributed by atoms with Crippen molar-refractivity contribution >= 4 is 27.2 Å². The highest BCUT2D eigenvalue weighted by Gasteiger charge is 2.23. The molecular weight excluding hydrogens is 289 g/mol. The van der Waals surface area contributed by atoms with Gasteiger partial charge < -0.3 is 5.73 Å². The zero-order valence-electron chi connectivity index (χ0n) is 8.86. The number of nitrogens with one attached hydrogen (secondary N) is 1. The van der Waals surface area contributed by atoms with Gasteiger partial charge in [-0.05, 0) is 12.1 Å². The predicted molar refractivity (Wildman–Crippen MR) is 63.5 cm³/mol. The summed E-state index contributed by atoms with van der Waals surface area (Å²) in [5.74, 6) is -0.928. The molecule has 0 spiro atoms. The molecule has 0 aromatic heterocycles. The maximum absolute atomic E-state index is 13.4. The molecule has 1 aromatic rings. The van der Waals surface area contributed by atoms with Crippen LogP contribution in [0.1, 0.15) is 5.56 Å². The number of thiocarbonyl (C=S) groups is 1. The molecule has 18 heavy (non-hydrogen) atoms. The van der Waals surface area contributed by atoms with E-state index in [0.29, 0.717) is 0 Å². The number of sulfonamides is 1. The van der Waals surface area contributed by atoms with E-state index in [-0.39, 0.29) is 0 Å². The molecular formula is C9H9F3N2O2S2. The molecule has 100 valence electrons. The molecule has 0 saturated carbocycles. The zero-order valence-corrected chi connectivity index (χ0v) is 10.5. The Labute approximate surface area is 107 Å². The third-order valence-corrected chi connectivity index (χ3v) is 3.61. The van der Waals surface area contributed by atoms with Gasteiger partial charge in [0.2, 0.25) is 10.0 Å². The minimum Gasteiger partial charge on any atom is -0.389 e. The summed E-state index contributed by atoms with van der Waals surface area (Å²) in [7, 11) is -4.29. The SMILES string of the molecule is NC(=S)c1c(F)cccc1S(=O)(=O)NCC(F)F. The van der Waals surface area contributed by atoms with Crippen molar-refractivity contribution in [2.45, 2.75) is 11.3 Å². The van der Waals surface area contributed by atoms with Crippen LogP contribution in [-0.2, 0) is 10.0 Å². The molecule has 0 fully saturated rings. The second kappa shape index (κ2) is 5.63. The van der Waals surface area contributed by atoms with Crippen LogP contribution >= 0.6 is 12.2 Å². The third kappa shape index (κ3) is 3.40. The first-order chi connectivity index (χ1) is 8.25. The maximum Gasteiger partial charge on any atom is 0.251 e. The van der Waals surface area contributed by atoms with Gasteiger partial charge in [-0.3, -0.25) is 0 Å². The summed E-state index contributed by atoms with van der Waals surface area (Å²) in [6.45, 7) is -1.07. The fourth-order valence-corrected chi connectivity index (χ4v) is 2.72. The number of halogens is 3. The second-order valence-corrected chi connectivity index (χ2v) is 5.40. The highest BCUT2D eigenvalue weighted by atomic mass is 32.2. The van der Waals surface area contributed by atoms with Crippen molar-refractivity contribution in [1.82, 2.24) is 4.72 Å². The van der Waals surface area contributed by atoms with Crippen LogP contribution in [0.25, 0.3) is 0 Å². The van der Waals surface area contributed by atoms with Gasteiger partial charge >= 0.3 is 0 Å². The summed E-state index contributed by atoms with van der Waals surface area (Å²) >= 11 is 4.54. The lowest BCUT2D eigenvalue weighted by Gasteiger charge is -2.11. The summed E-state index contributed by atoms with van der Waals surface area (Å²) in [5.41, 5.74) is 4.73. The second-order valence-electron chi connectivity index (χ2n) is 3.22. The highest BCUT2D eigenvalue weighted by Crippen LogP contribution is 2.18. The Morgan fingerprint density at radius 1 is 1.44 bits per heavy atom. The fourth-order valence-electron chi connectivity index (χ4n) is 1.22. The predicted octanol–water partition coefficient (Wildman–Crippen LogP) is 1.00. The van der Waals surface area contributed by atoms with Crippen molar-refractivity contribution in [1.29, 1.82) is 0 Å². The average molecular weight is 298 g/mol. The lowest BCUT2D eigenvalue weighted by molar-refractivity contribution is 0.153. The van der Waals surface area contributed by atoms with Crippen molar-refractivity contribution in [3.8, 4) is 0 Å². The van der Waals surface area contributed by atoms with E-state index >= 15 is 0 Å². The van der Waals surface area contributed by atoms with Gasteiger partial charge in [0.15, 0.2) is 0 Å². The van der Waals surface area contributed by atoms with Crippen molar-refractivity contribution in [3.63, 3.8) is 0 Å². The summed E-state index contributed by atoms with van der Waals surface area (Å²) < 4.78 is 62.4. The monoisotopic (exact) mass is 298 g/mol. The molecule has 0 aliphatic carbocycles. The maximum atomic E-state index is 13.4. The van der Waals surface area contributed by atoms with Gasteiger partial charge in [-0.1, -0.05) is 18.3 Å². The quantitative estimate of drug-likeness (QED) is 0.796. The largest absolute Gasteiger partial charge is 0.389 e. The highest BCUT2D eigenvalue weighted by molar-refractivity contribution is 7.89. The van der Waals surface area contributed by atoms with Gasteiger partial charge in [-0.25, -0.2) is 26.3 Å². The van der Waals surface area contributed by atoms with Gasteiger partial charge in [0.1, 0.15) is 10.8 Å². The number of alkyl halides is 2. The Hall–Kier alpha value is -1.19. The van der Waals surface area contributed by atoms with Gasteiger partial charge in [0, 0.05) is 0 Å². The van der Waals surface area contributed by atoms with Crippen molar-refractivity contribution < 1.29 is 21.6 Å². The summed E-state index contributed by atoms with van der Waals surface area (Å²) in [6.07, 6.45) is -2.86. The Bertz CT molecular complexity index is 561. The average Bonchev–Trinajstić information content (AvgIpc) is 2.25. The lowest BCUT2D eigenvalue weighted by Crippen LogP contribution is -2.30. The van der Waals surface area contributed by atoms with Crippen LogP contribution in [-0.4, -0.2) is 26.4 Å². The van der Waals surface area contributed by atoms with E-state index in [1.165, 1.54) is 0 Å². The molecule has 1 rings (SSSR count). The molecule has 0 saturated heterocycles. The number of hydrogen-bond donors (Lipinski definition) is 2. The van der Waals surface area contributed by atoms with Gasteiger partial charge in [-0.2, -0.15) is 0 Å². The normalized spacial score (nSPS) is 11.8. The standard InChI is InChI=1S/C9H9F3N2O2S2/c10-5-2-1-3-6(8(5)9(13)17)18(15,16)14-4-7(11)12/h1-3,7,14H,4H2,(H2,13,17). The lowest BCUT2D eigenvalue weighted by atomic mass is 10.2. The van der Waals surface area contributed by atoms with Crippen LogP contribution in [0.4, 0.5) is 13.2 Å². The zero-order chi connectivity index (χ0) is 13.9. The van der Waals surface area contributed by atoms with E-state index in [1.807, 2.05) is 0 Å². The van der Waals surface area contributed by atoms with Crippen LogP contribution in [0.5, 0.6) is 0 Å². The van der Waals surface area contributed by atoms with Crippen molar-refractivity contribution in [3.05, 3.63) is 29.6 Å². The molecule has 0 amide bonds.